The van der Waals surface area contributed by atoms with Crippen LogP contribution in [-0.2, 0) is 9.59 Å². The van der Waals surface area contributed by atoms with Crippen molar-refractivity contribution in [2.75, 3.05) is 24.5 Å². The van der Waals surface area contributed by atoms with Gasteiger partial charge in [-0.3, -0.25) is 4.79 Å². The van der Waals surface area contributed by atoms with Crippen LogP contribution in [0.2, 0.25) is 0 Å². The molecule has 0 bridgehead atoms. The Hall–Kier alpha value is -2.95. The first-order valence-electron chi connectivity index (χ1n) is 12.2. The summed E-state index contributed by atoms with van der Waals surface area (Å²) in [5.41, 5.74) is 1.01. The molecule has 36 heavy (non-hydrogen) atoms. The highest BCUT2D eigenvalue weighted by atomic mass is 19.4. The number of fused-ring (bicyclic) bond motifs is 1. The Kier molecular flexibility index (Phi) is 8.76. The van der Waals surface area contributed by atoms with Gasteiger partial charge < -0.3 is 20.0 Å². The number of halogens is 3. The molecule has 2 unspecified atom stereocenters. The second-order valence-electron chi connectivity index (χ2n) is 9.82. The van der Waals surface area contributed by atoms with Gasteiger partial charge in [-0.25, -0.2) is 14.8 Å². The van der Waals surface area contributed by atoms with Crippen molar-refractivity contribution in [1.82, 2.24) is 14.9 Å². The predicted molar refractivity (Wildman–Crippen MR) is 128 cm³/mol. The van der Waals surface area contributed by atoms with Crippen molar-refractivity contribution >= 4 is 28.6 Å². The second-order valence-corrected chi connectivity index (χ2v) is 9.82. The molecule has 11 heteroatoms. The minimum Gasteiger partial charge on any atom is -0.475 e. The van der Waals surface area contributed by atoms with Gasteiger partial charge >= 0.3 is 12.1 Å². The van der Waals surface area contributed by atoms with Crippen LogP contribution in [-0.4, -0.2) is 74.4 Å². The Bertz CT molecular complexity index is 1060. The van der Waals surface area contributed by atoms with E-state index in [0.29, 0.717) is 18.9 Å². The number of aliphatic hydroxyl groups excluding tert-OH is 1. The van der Waals surface area contributed by atoms with Gasteiger partial charge in [0.05, 0.1) is 5.52 Å². The van der Waals surface area contributed by atoms with Gasteiger partial charge in [-0.15, -0.1) is 0 Å². The molecule has 1 amide bonds. The number of anilines is 1. The monoisotopic (exact) mass is 510 g/mol. The van der Waals surface area contributed by atoms with Crippen LogP contribution in [0, 0.1) is 5.92 Å². The summed E-state index contributed by atoms with van der Waals surface area (Å²) < 4.78 is 31.7. The highest BCUT2D eigenvalue weighted by molar-refractivity contribution is 5.89. The molecule has 2 aliphatic rings. The molecule has 2 N–H and O–H groups in total. The number of amides is 1. The number of rotatable bonds is 4. The molecular formula is C25H33F3N4O4. The van der Waals surface area contributed by atoms with E-state index in [2.05, 4.69) is 20.9 Å². The number of hydrogen-bond donors (Lipinski definition) is 2. The molecule has 2 saturated heterocycles. The lowest BCUT2D eigenvalue weighted by Crippen LogP contribution is -2.46. The third-order valence-electron chi connectivity index (χ3n) is 6.83. The topological polar surface area (TPSA) is 107 Å². The number of hydrogen-bond acceptors (Lipinski definition) is 6. The van der Waals surface area contributed by atoms with Crippen molar-refractivity contribution in [3.63, 3.8) is 0 Å². The highest BCUT2D eigenvalue weighted by Gasteiger charge is 2.43. The maximum atomic E-state index is 12.8. The fourth-order valence-corrected chi connectivity index (χ4v) is 5.15. The van der Waals surface area contributed by atoms with Crippen LogP contribution in [0.15, 0.2) is 30.6 Å². The summed E-state index contributed by atoms with van der Waals surface area (Å²) in [5.74, 6) is -1.53. The van der Waals surface area contributed by atoms with Gasteiger partial charge in [0, 0.05) is 30.6 Å². The minimum atomic E-state index is -5.08. The van der Waals surface area contributed by atoms with Crippen molar-refractivity contribution < 1.29 is 33.0 Å². The SMILES string of the molecule is CC(C)CC(O)C(=O)N1CCCC2(CCCN2c2ncnc3ccccc23)CC1.O=C(O)C(F)(F)F. The summed E-state index contributed by atoms with van der Waals surface area (Å²) in [5, 5.41) is 18.5. The van der Waals surface area contributed by atoms with Crippen LogP contribution in [0.3, 0.4) is 0 Å². The molecule has 1 spiro atoms. The van der Waals surface area contributed by atoms with Crippen LogP contribution >= 0.6 is 0 Å². The standard InChI is InChI=1S/C23H32N4O2.C2HF3O2/c1-17(2)15-20(28)22(29)26-12-5-9-23(11-14-26)10-6-13-27(23)21-18-7-3-4-8-19(18)24-16-25-21;3-2(4,5)1(6)7/h3-4,7-8,16-17,20,28H,5-6,9-15H2,1-2H3;(H,6,7). The molecule has 2 atom stereocenters. The number of carboxylic acid groups (broad SMARTS) is 1. The molecule has 2 aromatic rings. The van der Waals surface area contributed by atoms with Crippen molar-refractivity contribution in [1.29, 1.82) is 0 Å². The summed E-state index contributed by atoms with van der Waals surface area (Å²) in [7, 11) is 0. The van der Waals surface area contributed by atoms with E-state index < -0.39 is 18.2 Å². The molecule has 4 rings (SSSR count). The molecular weight excluding hydrogens is 477 g/mol. The highest BCUT2D eigenvalue weighted by Crippen LogP contribution is 2.42. The number of carbonyl (C=O) groups is 2. The number of para-hydroxylation sites is 1. The van der Waals surface area contributed by atoms with Crippen LogP contribution in [0.5, 0.6) is 0 Å². The number of likely N-dealkylation sites (tertiary alicyclic amines) is 1. The van der Waals surface area contributed by atoms with Crippen LogP contribution in [0.25, 0.3) is 10.9 Å². The lowest BCUT2D eigenvalue weighted by molar-refractivity contribution is -0.192. The van der Waals surface area contributed by atoms with Gasteiger partial charge in [0.1, 0.15) is 18.2 Å². The summed E-state index contributed by atoms with van der Waals surface area (Å²) in [4.78, 5) is 35.1. The maximum absolute atomic E-state index is 12.8. The number of alkyl halides is 3. The van der Waals surface area contributed by atoms with Crippen molar-refractivity contribution in [2.24, 2.45) is 5.92 Å². The molecule has 1 aromatic heterocycles. The summed E-state index contributed by atoms with van der Waals surface area (Å²) >= 11 is 0. The van der Waals surface area contributed by atoms with Crippen molar-refractivity contribution in [2.45, 2.75) is 70.2 Å². The molecule has 2 fully saturated rings. The molecule has 8 nitrogen and oxygen atoms in total. The third-order valence-corrected chi connectivity index (χ3v) is 6.83. The maximum Gasteiger partial charge on any atom is 0.490 e. The van der Waals surface area contributed by atoms with Gasteiger partial charge in [0.2, 0.25) is 0 Å². The quantitative estimate of drug-likeness (QED) is 0.640. The molecule has 198 valence electrons. The first kappa shape index (κ1) is 27.6. The van der Waals surface area contributed by atoms with E-state index >= 15 is 0 Å². The number of carbonyl (C=O) groups excluding carboxylic acids is 1. The van der Waals surface area contributed by atoms with Crippen molar-refractivity contribution in [3.8, 4) is 0 Å². The molecule has 2 aliphatic heterocycles. The van der Waals surface area contributed by atoms with Crippen LogP contribution < -0.4 is 4.90 Å². The Morgan fingerprint density at radius 2 is 1.69 bits per heavy atom. The molecule has 0 radical (unpaired) electrons. The first-order valence-corrected chi connectivity index (χ1v) is 12.2. The Labute approximate surface area is 208 Å². The minimum absolute atomic E-state index is 0.0369. The number of aliphatic carboxylic acids is 1. The smallest absolute Gasteiger partial charge is 0.475 e. The predicted octanol–water partition coefficient (Wildman–Crippen LogP) is 4.02. The number of nitrogens with zero attached hydrogens (tertiary/aromatic N) is 4. The zero-order chi connectivity index (χ0) is 26.5. The summed E-state index contributed by atoms with van der Waals surface area (Å²) in [6, 6.07) is 8.19. The molecule has 1 aromatic carbocycles. The van der Waals surface area contributed by atoms with Gasteiger partial charge in [-0.1, -0.05) is 26.0 Å². The molecule has 3 heterocycles. The lowest BCUT2D eigenvalue weighted by atomic mass is 9.87. The fraction of sp³-hybridized carbons (Fsp3) is 0.600. The fourth-order valence-electron chi connectivity index (χ4n) is 5.15. The first-order chi connectivity index (χ1) is 16.9. The van der Waals surface area contributed by atoms with E-state index in [1.165, 1.54) is 0 Å². The van der Waals surface area contributed by atoms with E-state index in [0.717, 1.165) is 61.9 Å². The van der Waals surface area contributed by atoms with Gasteiger partial charge in [-0.2, -0.15) is 13.2 Å². The van der Waals surface area contributed by atoms with Gasteiger partial charge in [0.25, 0.3) is 5.91 Å². The third kappa shape index (κ3) is 6.43. The second kappa shape index (κ2) is 11.4. The Morgan fingerprint density at radius 3 is 2.33 bits per heavy atom. The molecule has 0 aliphatic carbocycles. The average Bonchev–Trinajstić information content (AvgIpc) is 3.10. The Morgan fingerprint density at radius 1 is 1.06 bits per heavy atom. The van der Waals surface area contributed by atoms with Gasteiger partial charge in [-0.05, 0) is 56.6 Å². The lowest BCUT2D eigenvalue weighted by Gasteiger charge is -2.39. The summed E-state index contributed by atoms with van der Waals surface area (Å²) in [6.07, 6.45) is 1.43. The normalized spacial score (nSPS) is 21.3. The summed E-state index contributed by atoms with van der Waals surface area (Å²) in [6.45, 7) is 6.50. The largest absolute Gasteiger partial charge is 0.490 e. The van der Waals surface area contributed by atoms with E-state index in [1.54, 1.807) is 6.33 Å². The van der Waals surface area contributed by atoms with Crippen LogP contribution in [0.4, 0.5) is 19.0 Å². The zero-order valence-electron chi connectivity index (χ0n) is 20.5. The number of aromatic nitrogens is 2. The number of carboxylic acids is 1. The van der Waals surface area contributed by atoms with Gasteiger partial charge in [0.15, 0.2) is 0 Å². The Balaban J connectivity index is 0.000000454. The van der Waals surface area contributed by atoms with Crippen LogP contribution in [0.1, 0.15) is 52.4 Å². The average molecular weight is 511 g/mol. The van der Waals surface area contributed by atoms with E-state index in [-0.39, 0.29) is 11.4 Å². The molecule has 0 saturated carbocycles. The van der Waals surface area contributed by atoms with Crippen molar-refractivity contribution in [3.05, 3.63) is 30.6 Å². The van der Waals surface area contributed by atoms with E-state index in [1.807, 2.05) is 36.9 Å². The number of benzene rings is 1. The number of aliphatic hydroxyl groups is 1. The van der Waals surface area contributed by atoms with E-state index in [4.69, 9.17) is 9.90 Å². The van der Waals surface area contributed by atoms with E-state index in [9.17, 15) is 23.1 Å². The zero-order valence-corrected chi connectivity index (χ0v) is 20.5.